The molecule has 15 heavy (non-hydrogen) atoms. The van der Waals surface area contributed by atoms with E-state index in [-0.39, 0.29) is 6.04 Å². The van der Waals surface area contributed by atoms with Crippen molar-refractivity contribution in [3.8, 4) is 0 Å². The van der Waals surface area contributed by atoms with E-state index in [0.29, 0.717) is 0 Å². The fraction of sp³-hybridized carbons (Fsp3) is 1.00. The Bertz CT molecular complexity index is 118. The van der Waals surface area contributed by atoms with Crippen molar-refractivity contribution in [3.05, 3.63) is 0 Å². The summed E-state index contributed by atoms with van der Waals surface area (Å²) < 4.78 is 0. The molecule has 0 fully saturated rings. The fourth-order valence-electron chi connectivity index (χ4n) is 1.25. The normalized spacial score (nSPS) is 13.4. The summed E-state index contributed by atoms with van der Waals surface area (Å²) in [6.07, 6.45) is 4.83. The van der Waals surface area contributed by atoms with Crippen LogP contribution in [0.2, 0.25) is 0 Å². The largest absolute Gasteiger partial charge is 0.327 e. The van der Waals surface area contributed by atoms with Gasteiger partial charge in [0.15, 0.2) is 0 Å². The van der Waals surface area contributed by atoms with Gasteiger partial charge in [-0.2, -0.15) is 5.12 Å². The molecular weight excluding hydrogens is 188 g/mol. The lowest BCUT2D eigenvalue weighted by molar-refractivity contribution is 0.106. The predicted octanol–water partition coefficient (Wildman–Crippen LogP) is 1.25. The van der Waals surface area contributed by atoms with Crippen LogP contribution in [0.5, 0.6) is 0 Å². The van der Waals surface area contributed by atoms with Gasteiger partial charge in [0.1, 0.15) is 0 Å². The Kier molecular flexibility index (Phi) is 10.3. The van der Waals surface area contributed by atoms with E-state index >= 15 is 0 Å². The van der Waals surface area contributed by atoms with E-state index in [2.05, 4.69) is 24.7 Å². The highest BCUT2D eigenvalue weighted by molar-refractivity contribution is 4.57. The average Bonchev–Trinajstić information content (AvgIpc) is 2.17. The highest BCUT2D eigenvalue weighted by atomic mass is 15.7. The molecule has 0 radical (unpaired) electrons. The van der Waals surface area contributed by atoms with Crippen LogP contribution in [0.1, 0.15) is 46.5 Å². The molecular formula is C11H28N4. The van der Waals surface area contributed by atoms with Crippen LogP contribution < -0.4 is 16.6 Å². The summed E-state index contributed by atoms with van der Waals surface area (Å²) in [5.41, 5.74) is 12.5. The number of nitrogens with zero attached hydrogens (tertiary/aromatic N) is 1. The number of hydrazine groups is 2. The van der Waals surface area contributed by atoms with E-state index in [9.17, 15) is 0 Å². The number of nitrogens with two attached hydrogens (primary N) is 1. The van der Waals surface area contributed by atoms with E-state index in [4.69, 9.17) is 5.73 Å². The van der Waals surface area contributed by atoms with Gasteiger partial charge >= 0.3 is 0 Å². The molecule has 1 atom stereocenters. The van der Waals surface area contributed by atoms with E-state index in [0.717, 1.165) is 19.6 Å². The van der Waals surface area contributed by atoms with Gasteiger partial charge in [0.2, 0.25) is 0 Å². The van der Waals surface area contributed by atoms with Crippen molar-refractivity contribution < 1.29 is 0 Å². The Hall–Kier alpha value is -0.160. The van der Waals surface area contributed by atoms with Crippen molar-refractivity contribution in [3.63, 3.8) is 0 Å². The predicted molar refractivity (Wildman–Crippen MR) is 66.2 cm³/mol. The van der Waals surface area contributed by atoms with Crippen molar-refractivity contribution in [2.75, 3.05) is 19.6 Å². The first-order valence-corrected chi connectivity index (χ1v) is 6.20. The Morgan fingerprint density at radius 1 is 1.07 bits per heavy atom. The van der Waals surface area contributed by atoms with Crippen LogP contribution in [-0.4, -0.2) is 30.8 Å². The van der Waals surface area contributed by atoms with Crippen LogP contribution in [0.3, 0.4) is 0 Å². The number of unbranched alkanes of at least 4 members (excludes halogenated alkanes) is 2. The minimum Gasteiger partial charge on any atom is -0.327 e. The van der Waals surface area contributed by atoms with Gasteiger partial charge in [0.05, 0.1) is 0 Å². The first kappa shape index (κ1) is 14.8. The molecule has 0 saturated carbocycles. The number of hydrogen-bond donors (Lipinski definition) is 3. The van der Waals surface area contributed by atoms with Gasteiger partial charge in [0, 0.05) is 25.7 Å². The molecule has 4 heteroatoms. The average molecular weight is 216 g/mol. The molecule has 0 aliphatic rings. The quantitative estimate of drug-likeness (QED) is 0.380. The third kappa shape index (κ3) is 10.1. The zero-order chi connectivity index (χ0) is 11.5. The van der Waals surface area contributed by atoms with Crippen molar-refractivity contribution >= 4 is 0 Å². The minimum atomic E-state index is 0.188. The molecule has 0 heterocycles. The lowest BCUT2D eigenvalue weighted by Crippen LogP contribution is -2.52. The van der Waals surface area contributed by atoms with Crippen LogP contribution in [0.15, 0.2) is 0 Å². The van der Waals surface area contributed by atoms with Crippen molar-refractivity contribution in [1.29, 1.82) is 0 Å². The SMILES string of the molecule is CCCCNN(CC(C)N)NCCCC. The highest BCUT2D eigenvalue weighted by Gasteiger charge is 2.05. The van der Waals surface area contributed by atoms with E-state index in [1.165, 1.54) is 25.7 Å². The molecule has 4 nitrogen and oxygen atoms in total. The first-order valence-electron chi connectivity index (χ1n) is 6.20. The summed E-state index contributed by atoms with van der Waals surface area (Å²) in [5, 5.41) is 2.04. The minimum absolute atomic E-state index is 0.188. The molecule has 0 spiro atoms. The maximum atomic E-state index is 5.78. The van der Waals surface area contributed by atoms with E-state index in [1.807, 2.05) is 12.0 Å². The molecule has 0 bridgehead atoms. The van der Waals surface area contributed by atoms with Crippen LogP contribution in [0, 0.1) is 0 Å². The zero-order valence-corrected chi connectivity index (χ0v) is 10.6. The first-order chi connectivity index (χ1) is 7.20. The van der Waals surface area contributed by atoms with Gasteiger partial charge in [-0.25, -0.2) is 10.9 Å². The second-order valence-electron chi connectivity index (χ2n) is 4.11. The number of rotatable bonds is 10. The molecule has 0 rings (SSSR count). The Morgan fingerprint density at radius 2 is 1.53 bits per heavy atom. The second-order valence-corrected chi connectivity index (χ2v) is 4.11. The lowest BCUT2D eigenvalue weighted by atomic mass is 10.3. The summed E-state index contributed by atoms with van der Waals surface area (Å²) in [4.78, 5) is 0. The van der Waals surface area contributed by atoms with Gasteiger partial charge in [-0.05, 0) is 19.8 Å². The Balaban J connectivity index is 3.63. The van der Waals surface area contributed by atoms with Gasteiger partial charge in [-0.3, -0.25) is 0 Å². The van der Waals surface area contributed by atoms with Gasteiger partial charge in [-0.1, -0.05) is 26.7 Å². The molecule has 0 aliphatic heterocycles. The molecule has 1 unspecified atom stereocenters. The van der Waals surface area contributed by atoms with Gasteiger partial charge in [0.25, 0.3) is 0 Å². The maximum Gasteiger partial charge on any atom is 0.0437 e. The van der Waals surface area contributed by atoms with E-state index in [1.54, 1.807) is 0 Å². The molecule has 0 aromatic carbocycles. The molecule has 0 aromatic rings. The Labute approximate surface area is 94.5 Å². The monoisotopic (exact) mass is 216 g/mol. The van der Waals surface area contributed by atoms with E-state index < -0.39 is 0 Å². The summed E-state index contributed by atoms with van der Waals surface area (Å²) >= 11 is 0. The Morgan fingerprint density at radius 3 is 1.87 bits per heavy atom. The third-order valence-electron chi connectivity index (χ3n) is 2.14. The summed E-state index contributed by atoms with van der Waals surface area (Å²) in [5.74, 6) is 0. The molecule has 0 amide bonds. The topological polar surface area (TPSA) is 53.3 Å². The standard InChI is InChI=1S/C11H28N4/c1-4-6-8-13-15(10-11(3)12)14-9-7-5-2/h11,13-14H,4-10,12H2,1-3H3. The zero-order valence-electron chi connectivity index (χ0n) is 10.6. The maximum absolute atomic E-state index is 5.78. The van der Waals surface area contributed by atoms with Crippen molar-refractivity contribution in [2.24, 2.45) is 5.73 Å². The molecule has 92 valence electrons. The second kappa shape index (κ2) is 10.4. The van der Waals surface area contributed by atoms with Gasteiger partial charge in [-0.15, -0.1) is 0 Å². The summed E-state index contributed by atoms with van der Waals surface area (Å²) in [6, 6.07) is 0.188. The summed E-state index contributed by atoms with van der Waals surface area (Å²) in [7, 11) is 0. The molecule has 0 aliphatic carbocycles. The van der Waals surface area contributed by atoms with Crippen LogP contribution in [-0.2, 0) is 0 Å². The van der Waals surface area contributed by atoms with Crippen LogP contribution in [0.25, 0.3) is 0 Å². The third-order valence-corrected chi connectivity index (χ3v) is 2.14. The highest BCUT2D eigenvalue weighted by Crippen LogP contribution is 1.88. The molecule has 4 N–H and O–H groups in total. The number of nitrogens with one attached hydrogen (secondary N) is 2. The fourth-order valence-corrected chi connectivity index (χ4v) is 1.25. The summed E-state index contributed by atoms with van der Waals surface area (Å²) in [6.45, 7) is 9.29. The van der Waals surface area contributed by atoms with Gasteiger partial charge < -0.3 is 5.73 Å². The molecule has 0 saturated heterocycles. The van der Waals surface area contributed by atoms with Crippen molar-refractivity contribution in [1.82, 2.24) is 16.0 Å². The van der Waals surface area contributed by atoms with Crippen molar-refractivity contribution in [2.45, 2.75) is 52.5 Å². The number of hydrogen-bond acceptors (Lipinski definition) is 4. The lowest BCUT2D eigenvalue weighted by Gasteiger charge is -2.25. The smallest absolute Gasteiger partial charge is 0.0437 e. The van der Waals surface area contributed by atoms with Crippen LogP contribution in [0.4, 0.5) is 0 Å². The molecule has 0 aromatic heterocycles. The van der Waals surface area contributed by atoms with Crippen LogP contribution >= 0.6 is 0 Å².